The number of allylic oxidation sites excluding steroid dienone is 4. The number of benzene rings is 2. The second-order valence-electron chi connectivity index (χ2n) is 18.3. The van der Waals surface area contributed by atoms with Crippen molar-refractivity contribution in [3.8, 4) is 11.3 Å². The quantitative estimate of drug-likeness (QED) is 0.101. The largest absolute Gasteiger partial charge is 0.453 e. The fraction of sp³-hybridized carbons (Fsp3) is 0.532. The molecule has 3 aromatic rings. The topological polar surface area (TPSA) is 112 Å². The molecule has 6 aliphatic rings. The van der Waals surface area contributed by atoms with Gasteiger partial charge in [-0.05, 0) is 111 Å². The Kier molecular flexibility index (Phi) is 10.6. The number of rotatable bonds is 11. The highest BCUT2D eigenvalue weighted by Crippen LogP contribution is 2.78. The lowest BCUT2D eigenvalue weighted by Crippen LogP contribution is -2.67. The SMILES string of the molecule is COCCCN(CC1(O)CCC2C34C=CC5(C=C3C(=O)c3ccc(-c6cc(C(F)(F)F)ccc6Cl)o3)CC(O)CCC5(C)C4CCC21C)C(=O)NC(C)c1ccccc1. The number of nitrogens with zero attached hydrogens (tertiary/aromatic N) is 1. The van der Waals surface area contributed by atoms with Gasteiger partial charge in [0.25, 0.3) is 0 Å². The molecular weight excluding hydrogens is 781 g/mol. The molecular formula is C47H54ClF3N2O6. The summed E-state index contributed by atoms with van der Waals surface area (Å²) in [4.78, 5) is 30.9. The lowest BCUT2D eigenvalue weighted by atomic mass is 9.32. The van der Waals surface area contributed by atoms with E-state index in [0.29, 0.717) is 63.7 Å². The lowest BCUT2D eigenvalue weighted by Gasteiger charge is -2.71. The maximum Gasteiger partial charge on any atom is 0.416 e. The van der Waals surface area contributed by atoms with Crippen LogP contribution in [0.4, 0.5) is 18.0 Å². The number of nitrogens with one attached hydrogen (secondary N) is 1. The van der Waals surface area contributed by atoms with E-state index in [2.05, 4.69) is 37.4 Å². The maximum atomic E-state index is 15.1. The van der Waals surface area contributed by atoms with Crippen molar-refractivity contribution in [2.45, 2.75) is 96.1 Å². The van der Waals surface area contributed by atoms with Gasteiger partial charge in [0, 0.05) is 47.6 Å². The van der Waals surface area contributed by atoms with E-state index in [1.165, 1.54) is 18.2 Å². The van der Waals surface area contributed by atoms with Crippen molar-refractivity contribution in [2.75, 3.05) is 26.8 Å². The minimum Gasteiger partial charge on any atom is -0.453 e. The Morgan fingerprint density at radius 2 is 1.71 bits per heavy atom. The molecule has 9 atom stereocenters. The number of aliphatic hydroxyl groups is 2. The number of carbonyl (C=O) groups is 2. The fourth-order valence-electron chi connectivity index (χ4n) is 12.3. The minimum absolute atomic E-state index is 0.00274. The number of hydrogen-bond acceptors (Lipinski definition) is 6. The van der Waals surface area contributed by atoms with Gasteiger partial charge >= 0.3 is 12.2 Å². The van der Waals surface area contributed by atoms with Crippen LogP contribution in [0.2, 0.25) is 5.02 Å². The first-order chi connectivity index (χ1) is 27.9. The Bertz CT molecular complexity index is 2170. The van der Waals surface area contributed by atoms with E-state index < -0.39 is 39.7 Å². The van der Waals surface area contributed by atoms with E-state index in [1.54, 1.807) is 12.0 Å². The molecule has 12 heteroatoms. The number of amides is 2. The van der Waals surface area contributed by atoms with Crippen LogP contribution in [0.15, 0.2) is 88.9 Å². The van der Waals surface area contributed by atoms with Crippen LogP contribution in [0.25, 0.3) is 11.3 Å². The molecule has 3 fully saturated rings. The molecule has 2 aromatic carbocycles. The summed E-state index contributed by atoms with van der Waals surface area (Å²) in [7, 11) is 1.62. The zero-order valence-electron chi connectivity index (χ0n) is 34.1. The van der Waals surface area contributed by atoms with Crippen LogP contribution in [0.1, 0.15) is 99.9 Å². The van der Waals surface area contributed by atoms with Gasteiger partial charge in [-0.25, -0.2) is 4.79 Å². The molecule has 2 bridgehead atoms. The molecule has 3 saturated carbocycles. The molecule has 3 N–H and O–H groups in total. The number of alkyl halides is 3. The van der Waals surface area contributed by atoms with Crippen LogP contribution in [0.5, 0.6) is 0 Å². The van der Waals surface area contributed by atoms with Crippen LogP contribution in [0, 0.1) is 33.5 Å². The van der Waals surface area contributed by atoms with Crippen molar-refractivity contribution in [2.24, 2.45) is 33.5 Å². The van der Waals surface area contributed by atoms with Crippen molar-refractivity contribution in [1.82, 2.24) is 10.2 Å². The van der Waals surface area contributed by atoms with Gasteiger partial charge in [-0.1, -0.05) is 74.0 Å². The third-order valence-electron chi connectivity index (χ3n) is 15.5. The summed E-state index contributed by atoms with van der Waals surface area (Å²) >= 11 is 6.40. The van der Waals surface area contributed by atoms with Gasteiger partial charge in [0.1, 0.15) is 5.76 Å². The second-order valence-corrected chi connectivity index (χ2v) is 18.8. The number of Topliss-reactive ketones (excluding diaryl/α,β-unsaturated/α-hetero) is 1. The summed E-state index contributed by atoms with van der Waals surface area (Å²) < 4.78 is 52.6. The highest BCUT2D eigenvalue weighted by Gasteiger charge is 2.74. The first-order valence-corrected chi connectivity index (χ1v) is 21.2. The third kappa shape index (κ3) is 6.61. The van der Waals surface area contributed by atoms with E-state index >= 15 is 4.79 Å². The van der Waals surface area contributed by atoms with Crippen LogP contribution in [-0.4, -0.2) is 65.4 Å². The summed E-state index contributed by atoms with van der Waals surface area (Å²) in [6, 6.07) is 15.2. The van der Waals surface area contributed by atoms with Gasteiger partial charge in [0.05, 0.1) is 34.9 Å². The summed E-state index contributed by atoms with van der Waals surface area (Å²) in [6.45, 7) is 7.27. The van der Waals surface area contributed by atoms with Crippen LogP contribution in [-0.2, 0) is 10.9 Å². The highest BCUT2D eigenvalue weighted by atomic mass is 35.5. The monoisotopic (exact) mass is 834 g/mol. The van der Waals surface area contributed by atoms with Gasteiger partial charge in [-0.3, -0.25) is 4.79 Å². The summed E-state index contributed by atoms with van der Waals surface area (Å²) in [5.74, 6) is -0.546. The summed E-state index contributed by atoms with van der Waals surface area (Å²) in [5, 5.41) is 27.4. The van der Waals surface area contributed by atoms with Crippen molar-refractivity contribution >= 4 is 23.4 Å². The molecule has 8 nitrogen and oxygen atoms in total. The second kappa shape index (κ2) is 14.9. The Morgan fingerprint density at radius 3 is 2.44 bits per heavy atom. The van der Waals surface area contributed by atoms with Gasteiger partial charge in [0.2, 0.25) is 5.78 Å². The Labute approximate surface area is 348 Å². The predicted molar refractivity (Wildman–Crippen MR) is 218 cm³/mol. The molecule has 0 aliphatic heterocycles. The fourth-order valence-corrected chi connectivity index (χ4v) is 12.5. The standard InChI is InChI=1S/C47H54ClF3N2O6/c1-29(30-9-6-5-7-10-30)52-41(56)53(23-8-24-58-4)28-45(57)20-17-39-43(45,3)19-16-38-42(2)18-15-32(54)26-44(42)21-22-46(38,39)34(27-44)40(55)37-14-13-36(59-37)33-25-31(47(49,50)51)11-12-35(33)48/h5-7,9-14,21-22,25,27,29,32,38-39,54,57H,8,15-20,23-24,26,28H2,1-4H3,(H,52,56). The number of urea groups is 1. The molecule has 0 radical (unpaired) electrons. The first kappa shape index (κ1) is 41.8. The number of furan rings is 1. The molecule has 59 heavy (non-hydrogen) atoms. The van der Waals surface area contributed by atoms with Crippen molar-refractivity contribution in [3.05, 3.63) is 106 Å². The number of hydrogen-bond donors (Lipinski definition) is 3. The van der Waals surface area contributed by atoms with Crippen molar-refractivity contribution in [1.29, 1.82) is 0 Å². The molecule has 9 unspecified atom stereocenters. The highest BCUT2D eigenvalue weighted by molar-refractivity contribution is 6.33. The van der Waals surface area contributed by atoms with E-state index in [4.69, 9.17) is 20.8 Å². The van der Waals surface area contributed by atoms with Crippen LogP contribution >= 0.6 is 11.6 Å². The van der Waals surface area contributed by atoms with Crippen LogP contribution in [0.3, 0.4) is 0 Å². The normalized spacial score (nSPS) is 33.7. The number of carbonyl (C=O) groups excluding carboxylic acids is 2. The number of ketones is 1. The van der Waals surface area contributed by atoms with Gasteiger partial charge in [0.15, 0.2) is 5.76 Å². The number of ether oxygens (including phenoxy) is 1. The molecule has 2 spiro atoms. The van der Waals surface area contributed by atoms with Crippen molar-refractivity contribution < 1.29 is 42.1 Å². The molecule has 1 aromatic heterocycles. The van der Waals surface area contributed by atoms with E-state index in [9.17, 15) is 28.2 Å². The zero-order valence-corrected chi connectivity index (χ0v) is 34.8. The number of methoxy groups -OCH3 is 1. The minimum atomic E-state index is -4.60. The average Bonchev–Trinajstić information content (AvgIpc) is 3.80. The Hall–Kier alpha value is -3.90. The smallest absolute Gasteiger partial charge is 0.416 e. The average molecular weight is 835 g/mol. The maximum absolute atomic E-state index is 15.1. The number of aliphatic hydroxyl groups excluding tert-OH is 1. The molecule has 1 heterocycles. The summed E-state index contributed by atoms with van der Waals surface area (Å²) in [5.41, 5.74) is -3.08. The lowest BCUT2D eigenvalue weighted by molar-refractivity contribution is -0.174. The Morgan fingerprint density at radius 1 is 1.00 bits per heavy atom. The van der Waals surface area contributed by atoms with Gasteiger partial charge in [-0.15, -0.1) is 0 Å². The van der Waals surface area contributed by atoms with Crippen molar-refractivity contribution in [3.63, 3.8) is 0 Å². The van der Waals surface area contributed by atoms with Crippen LogP contribution < -0.4 is 5.32 Å². The molecule has 6 aliphatic carbocycles. The van der Waals surface area contributed by atoms with E-state index in [1.807, 2.05) is 37.3 Å². The predicted octanol–water partition coefficient (Wildman–Crippen LogP) is 10.2. The summed E-state index contributed by atoms with van der Waals surface area (Å²) in [6.07, 6.45) is 6.17. The molecule has 9 rings (SSSR count). The van der Waals surface area contributed by atoms with Gasteiger partial charge < -0.3 is 29.6 Å². The number of fused-ring (bicyclic) bond motifs is 1. The number of halogens is 4. The zero-order chi connectivity index (χ0) is 42.2. The molecule has 316 valence electrons. The van der Waals surface area contributed by atoms with E-state index in [-0.39, 0.29) is 63.8 Å². The molecule has 0 saturated heterocycles. The third-order valence-corrected chi connectivity index (χ3v) is 15.8. The first-order valence-electron chi connectivity index (χ1n) is 20.9. The molecule has 2 amide bonds. The Balaban J connectivity index is 1.16. The van der Waals surface area contributed by atoms with E-state index in [0.717, 1.165) is 24.1 Å². The van der Waals surface area contributed by atoms with Gasteiger partial charge in [-0.2, -0.15) is 13.2 Å².